The largest absolute Gasteiger partial charge is 0.492 e. The van der Waals surface area contributed by atoms with Gasteiger partial charge in [-0.3, -0.25) is 4.79 Å². The van der Waals surface area contributed by atoms with Gasteiger partial charge in [0.1, 0.15) is 12.4 Å². The van der Waals surface area contributed by atoms with Crippen molar-refractivity contribution in [1.82, 2.24) is 0 Å². The summed E-state index contributed by atoms with van der Waals surface area (Å²) in [4.78, 5) is 10.7. The number of benzene rings is 1. The lowest BCUT2D eigenvalue weighted by molar-refractivity contribution is -0.142. The van der Waals surface area contributed by atoms with Crippen molar-refractivity contribution in [3.05, 3.63) is 29.8 Å². The van der Waals surface area contributed by atoms with Crippen molar-refractivity contribution in [2.24, 2.45) is 5.92 Å². The first kappa shape index (κ1) is 13.6. The summed E-state index contributed by atoms with van der Waals surface area (Å²) in [6, 6.07) is 7.76. The molecule has 0 radical (unpaired) electrons. The zero-order valence-corrected chi connectivity index (χ0v) is 10.9. The summed E-state index contributed by atoms with van der Waals surface area (Å²) in [5.41, 5.74) is 1.08. The number of ether oxygens (including phenoxy) is 1. The van der Waals surface area contributed by atoms with Crippen LogP contribution in [-0.2, 0) is 10.2 Å². The fraction of sp³-hybridized carbons (Fsp3) is 0.500. The molecular formula is C14H20O3. The van der Waals surface area contributed by atoms with Gasteiger partial charge in [0.05, 0.1) is 5.92 Å². The van der Waals surface area contributed by atoms with E-state index in [1.165, 1.54) is 0 Å². The number of rotatable bonds is 4. The van der Waals surface area contributed by atoms with Gasteiger partial charge in [0.2, 0.25) is 0 Å². The van der Waals surface area contributed by atoms with E-state index in [4.69, 9.17) is 9.84 Å². The molecule has 0 heterocycles. The second-order valence-electron chi connectivity index (χ2n) is 5.30. The van der Waals surface area contributed by atoms with E-state index in [9.17, 15) is 4.79 Å². The lowest BCUT2D eigenvalue weighted by atomic mass is 9.86. The number of hydrogen-bond donors (Lipinski definition) is 1. The van der Waals surface area contributed by atoms with Crippen LogP contribution in [0.15, 0.2) is 24.3 Å². The monoisotopic (exact) mass is 236 g/mol. The van der Waals surface area contributed by atoms with Gasteiger partial charge in [0.25, 0.3) is 0 Å². The molecule has 0 aliphatic rings. The van der Waals surface area contributed by atoms with Gasteiger partial charge in [-0.05, 0) is 24.0 Å². The fourth-order valence-electron chi connectivity index (χ4n) is 1.50. The third kappa shape index (κ3) is 3.77. The quantitative estimate of drug-likeness (QED) is 0.873. The summed E-state index contributed by atoms with van der Waals surface area (Å²) in [6.07, 6.45) is 0. The maximum absolute atomic E-state index is 10.7. The highest BCUT2D eigenvalue weighted by Crippen LogP contribution is 2.31. The molecule has 1 rings (SSSR count). The van der Waals surface area contributed by atoms with Gasteiger partial charge in [-0.2, -0.15) is 0 Å². The molecule has 0 aliphatic carbocycles. The molecule has 0 saturated heterocycles. The van der Waals surface area contributed by atoms with Crippen LogP contribution in [0.1, 0.15) is 33.3 Å². The summed E-state index contributed by atoms with van der Waals surface area (Å²) in [7, 11) is 0. The van der Waals surface area contributed by atoms with Crippen LogP contribution >= 0.6 is 0 Å². The van der Waals surface area contributed by atoms with E-state index in [0.717, 1.165) is 11.3 Å². The second-order valence-corrected chi connectivity index (χ2v) is 5.30. The smallest absolute Gasteiger partial charge is 0.309 e. The molecule has 0 bridgehead atoms. The first-order valence-electron chi connectivity index (χ1n) is 5.77. The molecule has 1 N–H and O–H groups in total. The molecule has 94 valence electrons. The third-order valence-corrected chi connectivity index (χ3v) is 2.61. The Bertz CT molecular complexity index is 391. The molecule has 1 aromatic rings. The lowest BCUT2D eigenvalue weighted by Crippen LogP contribution is -2.20. The summed E-state index contributed by atoms with van der Waals surface area (Å²) >= 11 is 0. The highest BCUT2D eigenvalue weighted by molar-refractivity contribution is 5.69. The minimum absolute atomic E-state index is 0.0109. The number of carboxylic acids is 1. The Morgan fingerprint density at radius 2 is 1.94 bits per heavy atom. The highest BCUT2D eigenvalue weighted by Gasteiger charge is 2.19. The van der Waals surface area contributed by atoms with Crippen molar-refractivity contribution in [3.8, 4) is 5.75 Å². The van der Waals surface area contributed by atoms with E-state index < -0.39 is 11.9 Å². The maximum Gasteiger partial charge on any atom is 0.309 e. The zero-order chi connectivity index (χ0) is 13.1. The fourth-order valence-corrected chi connectivity index (χ4v) is 1.50. The van der Waals surface area contributed by atoms with Crippen molar-refractivity contribution in [3.63, 3.8) is 0 Å². The summed E-state index contributed by atoms with van der Waals surface area (Å²) in [5.74, 6) is -0.561. The van der Waals surface area contributed by atoms with E-state index in [1.54, 1.807) is 6.92 Å². The summed E-state index contributed by atoms with van der Waals surface area (Å²) in [5, 5.41) is 8.81. The van der Waals surface area contributed by atoms with E-state index in [0.29, 0.717) is 0 Å². The number of aliphatic carboxylic acids is 1. The molecule has 1 unspecified atom stereocenters. The summed E-state index contributed by atoms with van der Waals surface area (Å²) in [6.45, 7) is 8.16. The van der Waals surface area contributed by atoms with Gasteiger partial charge in [0.15, 0.2) is 0 Å². The van der Waals surface area contributed by atoms with Crippen LogP contribution in [0.25, 0.3) is 0 Å². The van der Waals surface area contributed by atoms with Crippen LogP contribution in [0.5, 0.6) is 5.75 Å². The van der Waals surface area contributed by atoms with Crippen LogP contribution in [0.2, 0.25) is 0 Å². The predicted octanol–water partition coefficient (Wildman–Crippen LogP) is 3.08. The molecule has 0 saturated carbocycles. The van der Waals surface area contributed by atoms with Crippen molar-refractivity contribution in [2.45, 2.75) is 33.1 Å². The van der Waals surface area contributed by atoms with Gasteiger partial charge in [-0.25, -0.2) is 0 Å². The van der Waals surface area contributed by atoms with Gasteiger partial charge in [-0.1, -0.05) is 39.0 Å². The van der Waals surface area contributed by atoms with E-state index in [1.807, 2.05) is 24.3 Å². The Morgan fingerprint density at radius 3 is 2.47 bits per heavy atom. The molecule has 0 fully saturated rings. The predicted molar refractivity (Wildman–Crippen MR) is 67.4 cm³/mol. The third-order valence-electron chi connectivity index (χ3n) is 2.61. The topological polar surface area (TPSA) is 46.5 Å². The van der Waals surface area contributed by atoms with Crippen LogP contribution in [0.4, 0.5) is 0 Å². The van der Waals surface area contributed by atoms with E-state index in [2.05, 4.69) is 20.8 Å². The average Bonchev–Trinajstić information content (AvgIpc) is 2.24. The average molecular weight is 236 g/mol. The maximum atomic E-state index is 10.7. The first-order chi connectivity index (χ1) is 7.82. The zero-order valence-electron chi connectivity index (χ0n) is 10.9. The Labute approximate surface area is 102 Å². The molecule has 1 aromatic carbocycles. The number of carbonyl (C=O) groups is 1. The van der Waals surface area contributed by atoms with Crippen LogP contribution < -0.4 is 4.74 Å². The van der Waals surface area contributed by atoms with E-state index >= 15 is 0 Å². The number of para-hydroxylation sites is 1. The van der Waals surface area contributed by atoms with Crippen molar-refractivity contribution < 1.29 is 14.6 Å². The molecular weight excluding hydrogens is 216 g/mol. The first-order valence-corrected chi connectivity index (χ1v) is 5.77. The summed E-state index contributed by atoms with van der Waals surface area (Å²) < 4.78 is 5.61. The Morgan fingerprint density at radius 1 is 1.35 bits per heavy atom. The molecule has 3 nitrogen and oxygen atoms in total. The molecule has 0 amide bonds. The van der Waals surface area contributed by atoms with E-state index in [-0.39, 0.29) is 12.0 Å². The molecule has 0 spiro atoms. The standard InChI is InChI=1S/C14H20O3/c1-10(13(15)16)9-17-12-8-6-5-7-11(12)14(2,3)4/h5-8,10H,9H2,1-4H3,(H,15,16). The molecule has 1 atom stereocenters. The molecule has 0 aliphatic heterocycles. The van der Waals surface area contributed by atoms with Gasteiger partial charge in [0, 0.05) is 0 Å². The van der Waals surface area contributed by atoms with Crippen LogP contribution in [-0.4, -0.2) is 17.7 Å². The molecule has 17 heavy (non-hydrogen) atoms. The number of hydrogen-bond acceptors (Lipinski definition) is 2. The Hall–Kier alpha value is -1.51. The SMILES string of the molecule is CC(COc1ccccc1C(C)(C)C)C(=O)O. The normalized spacial score (nSPS) is 13.2. The number of carboxylic acid groups (broad SMARTS) is 1. The lowest BCUT2D eigenvalue weighted by Gasteiger charge is -2.23. The van der Waals surface area contributed by atoms with Gasteiger partial charge in [-0.15, -0.1) is 0 Å². The van der Waals surface area contributed by atoms with Gasteiger partial charge < -0.3 is 9.84 Å². The van der Waals surface area contributed by atoms with Crippen molar-refractivity contribution in [2.75, 3.05) is 6.61 Å². The minimum atomic E-state index is -0.835. The van der Waals surface area contributed by atoms with Crippen molar-refractivity contribution in [1.29, 1.82) is 0 Å². The molecule has 0 aromatic heterocycles. The van der Waals surface area contributed by atoms with Crippen molar-refractivity contribution >= 4 is 5.97 Å². The second kappa shape index (κ2) is 5.21. The highest BCUT2D eigenvalue weighted by atomic mass is 16.5. The Kier molecular flexibility index (Phi) is 4.16. The van der Waals surface area contributed by atoms with Gasteiger partial charge >= 0.3 is 5.97 Å². The van der Waals surface area contributed by atoms with Crippen LogP contribution in [0.3, 0.4) is 0 Å². The Balaban J connectivity index is 2.81. The minimum Gasteiger partial charge on any atom is -0.492 e. The molecule has 3 heteroatoms. The van der Waals surface area contributed by atoms with Crippen LogP contribution in [0, 0.1) is 5.92 Å².